The van der Waals surface area contributed by atoms with E-state index in [9.17, 15) is 13.3 Å². The van der Waals surface area contributed by atoms with Crippen molar-refractivity contribution in [2.45, 2.75) is 17.6 Å². The third-order valence-electron chi connectivity index (χ3n) is 2.73. The second kappa shape index (κ2) is 3.10. The quantitative estimate of drug-likeness (QED) is 0.732. The highest BCUT2D eigenvalue weighted by atomic mass is 32.2. The van der Waals surface area contributed by atoms with Crippen molar-refractivity contribution < 1.29 is 8.42 Å². The summed E-state index contributed by atoms with van der Waals surface area (Å²) in [4.78, 5) is 14.1. The Morgan fingerprint density at radius 3 is 2.40 bits per heavy atom. The summed E-state index contributed by atoms with van der Waals surface area (Å²) >= 11 is 0. The first-order chi connectivity index (χ1) is 6.99. The van der Waals surface area contributed by atoms with Gasteiger partial charge in [-0.3, -0.25) is 4.98 Å². The minimum atomic E-state index is -3.14. The molecular weight excluding hydrogens is 216 g/mol. The molecule has 0 radical (unpaired) electrons. The molecule has 6 heteroatoms. The number of hydrogen-bond acceptors (Lipinski definition) is 5. The van der Waals surface area contributed by atoms with Gasteiger partial charge in [0.2, 0.25) is 0 Å². The maximum absolute atomic E-state index is 11.5. The van der Waals surface area contributed by atoms with Gasteiger partial charge in [0.1, 0.15) is 10.4 Å². The molecule has 0 atom stereocenters. The zero-order valence-electron chi connectivity index (χ0n) is 8.17. The van der Waals surface area contributed by atoms with Gasteiger partial charge in [-0.1, -0.05) is 0 Å². The first-order valence-corrected chi connectivity index (χ1v) is 6.38. The lowest BCUT2D eigenvalue weighted by Gasteiger charge is -2.11. The molecule has 5 nitrogen and oxygen atoms in total. The van der Waals surface area contributed by atoms with Gasteiger partial charge in [-0.2, -0.15) is 0 Å². The van der Waals surface area contributed by atoms with Crippen LogP contribution in [0.25, 0.3) is 0 Å². The molecule has 0 aromatic carbocycles. The van der Waals surface area contributed by atoms with Crippen LogP contribution in [0, 0.1) is 4.91 Å². The second-order valence-electron chi connectivity index (χ2n) is 3.76. The zero-order chi connectivity index (χ0) is 11.1. The Labute approximate surface area is 87.4 Å². The molecule has 15 heavy (non-hydrogen) atoms. The SMILES string of the molecule is CS(=O)(=O)C1(c2ccc(N=O)cn2)CC1. The molecule has 0 saturated heterocycles. The van der Waals surface area contributed by atoms with Crippen LogP contribution in [0.2, 0.25) is 0 Å². The van der Waals surface area contributed by atoms with Crippen molar-refractivity contribution in [2.24, 2.45) is 5.18 Å². The van der Waals surface area contributed by atoms with Crippen molar-refractivity contribution in [3.05, 3.63) is 28.9 Å². The Morgan fingerprint density at radius 2 is 2.07 bits per heavy atom. The van der Waals surface area contributed by atoms with Crippen molar-refractivity contribution >= 4 is 15.5 Å². The molecule has 1 aliphatic rings. The highest BCUT2D eigenvalue weighted by Crippen LogP contribution is 2.51. The van der Waals surface area contributed by atoms with Crippen molar-refractivity contribution in [3.63, 3.8) is 0 Å². The predicted molar refractivity (Wildman–Crippen MR) is 55.4 cm³/mol. The molecule has 1 aliphatic carbocycles. The Bertz CT molecular complexity index is 489. The number of nitrogens with zero attached hydrogens (tertiary/aromatic N) is 2. The van der Waals surface area contributed by atoms with Crippen LogP contribution in [-0.2, 0) is 14.6 Å². The summed E-state index contributed by atoms with van der Waals surface area (Å²) in [5.41, 5.74) is 0.723. The average molecular weight is 226 g/mol. The predicted octanol–water partition coefficient (Wildman–Crippen LogP) is 1.51. The van der Waals surface area contributed by atoms with E-state index >= 15 is 0 Å². The van der Waals surface area contributed by atoms with Gasteiger partial charge >= 0.3 is 0 Å². The monoisotopic (exact) mass is 226 g/mol. The molecular formula is C9H10N2O3S. The maximum Gasteiger partial charge on any atom is 0.158 e. The number of hydrogen-bond donors (Lipinski definition) is 0. The normalized spacial score (nSPS) is 18.5. The van der Waals surface area contributed by atoms with Crippen LogP contribution in [0.1, 0.15) is 18.5 Å². The Balaban J connectivity index is 2.43. The highest BCUT2D eigenvalue weighted by molar-refractivity contribution is 7.91. The molecule has 80 valence electrons. The summed E-state index contributed by atoms with van der Waals surface area (Å²) in [6.07, 6.45) is 3.72. The van der Waals surface area contributed by atoms with Crippen LogP contribution in [-0.4, -0.2) is 19.7 Å². The summed E-state index contributed by atoms with van der Waals surface area (Å²) < 4.78 is 22.3. The van der Waals surface area contributed by atoms with Gasteiger partial charge < -0.3 is 0 Å². The molecule has 1 aromatic rings. The van der Waals surface area contributed by atoms with E-state index in [0.717, 1.165) is 0 Å². The van der Waals surface area contributed by atoms with Crippen molar-refractivity contribution in [1.82, 2.24) is 4.98 Å². The fourth-order valence-electron chi connectivity index (χ4n) is 1.64. The van der Waals surface area contributed by atoms with Gasteiger partial charge in [-0.05, 0) is 30.2 Å². The van der Waals surface area contributed by atoms with Crippen molar-refractivity contribution in [1.29, 1.82) is 0 Å². The van der Waals surface area contributed by atoms with E-state index in [1.807, 2.05) is 0 Å². The second-order valence-corrected chi connectivity index (χ2v) is 6.09. The largest absolute Gasteiger partial charge is 0.257 e. The molecule has 1 heterocycles. The Morgan fingerprint density at radius 1 is 1.40 bits per heavy atom. The maximum atomic E-state index is 11.5. The van der Waals surface area contributed by atoms with E-state index in [0.29, 0.717) is 18.5 Å². The molecule has 0 bridgehead atoms. The Kier molecular flexibility index (Phi) is 2.11. The summed E-state index contributed by atoms with van der Waals surface area (Å²) in [7, 11) is -3.14. The fraction of sp³-hybridized carbons (Fsp3) is 0.444. The van der Waals surface area contributed by atoms with Crippen LogP contribution in [0.5, 0.6) is 0 Å². The molecule has 1 fully saturated rings. The standard InChI is InChI=1S/C9H10N2O3S/c1-15(13,14)9(4-5-9)8-3-2-7(11-12)6-10-8/h2-3,6H,4-5H2,1H3. The summed E-state index contributed by atoms with van der Waals surface area (Å²) in [5.74, 6) is 0. The molecule has 1 saturated carbocycles. The lowest BCUT2D eigenvalue weighted by atomic mass is 10.2. The molecule has 0 unspecified atom stereocenters. The van der Waals surface area contributed by atoms with Gasteiger partial charge in [0.05, 0.1) is 11.9 Å². The van der Waals surface area contributed by atoms with Gasteiger partial charge in [-0.25, -0.2) is 8.42 Å². The number of nitroso groups, excluding NO2 is 1. The van der Waals surface area contributed by atoms with Crippen molar-refractivity contribution in [3.8, 4) is 0 Å². The van der Waals surface area contributed by atoms with Crippen molar-refractivity contribution in [2.75, 3.05) is 6.26 Å². The van der Waals surface area contributed by atoms with E-state index < -0.39 is 14.6 Å². The topological polar surface area (TPSA) is 76.5 Å². The van der Waals surface area contributed by atoms with E-state index in [4.69, 9.17) is 0 Å². The third kappa shape index (κ3) is 1.54. The van der Waals surface area contributed by atoms with Crippen LogP contribution >= 0.6 is 0 Å². The minimum Gasteiger partial charge on any atom is -0.257 e. The number of pyridine rings is 1. The van der Waals surface area contributed by atoms with E-state index in [1.165, 1.54) is 18.5 Å². The Hall–Kier alpha value is -1.30. The molecule has 0 N–H and O–H groups in total. The van der Waals surface area contributed by atoms with E-state index in [1.54, 1.807) is 6.07 Å². The zero-order valence-corrected chi connectivity index (χ0v) is 8.99. The first-order valence-electron chi connectivity index (χ1n) is 4.49. The lowest BCUT2D eigenvalue weighted by Crippen LogP contribution is -2.20. The molecule has 0 amide bonds. The van der Waals surface area contributed by atoms with Gasteiger partial charge in [0, 0.05) is 6.26 Å². The molecule has 2 rings (SSSR count). The summed E-state index contributed by atoms with van der Waals surface area (Å²) in [5, 5.41) is 2.71. The van der Waals surface area contributed by atoms with E-state index in [2.05, 4.69) is 10.2 Å². The summed E-state index contributed by atoms with van der Waals surface area (Å²) in [6, 6.07) is 3.05. The third-order valence-corrected chi connectivity index (χ3v) is 4.77. The minimum absolute atomic E-state index is 0.211. The summed E-state index contributed by atoms with van der Waals surface area (Å²) in [6.45, 7) is 0. The molecule has 0 spiro atoms. The van der Waals surface area contributed by atoms with E-state index in [-0.39, 0.29) is 5.69 Å². The van der Waals surface area contributed by atoms with Gasteiger partial charge in [0.25, 0.3) is 0 Å². The highest BCUT2D eigenvalue weighted by Gasteiger charge is 2.54. The smallest absolute Gasteiger partial charge is 0.158 e. The molecule has 0 aliphatic heterocycles. The van der Waals surface area contributed by atoms with Gasteiger partial charge in [-0.15, -0.1) is 4.91 Å². The first kappa shape index (κ1) is 10.2. The number of rotatable bonds is 3. The average Bonchev–Trinajstić information content (AvgIpc) is 2.98. The number of sulfone groups is 1. The molecule has 1 aromatic heterocycles. The fourth-order valence-corrected chi connectivity index (χ4v) is 2.98. The van der Waals surface area contributed by atoms with Crippen LogP contribution in [0.3, 0.4) is 0 Å². The number of aromatic nitrogens is 1. The lowest BCUT2D eigenvalue weighted by molar-refractivity contribution is 0.584. The van der Waals surface area contributed by atoms with Crippen LogP contribution in [0.4, 0.5) is 5.69 Å². The van der Waals surface area contributed by atoms with Crippen LogP contribution in [0.15, 0.2) is 23.5 Å². The van der Waals surface area contributed by atoms with Gasteiger partial charge in [0.15, 0.2) is 9.84 Å². The van der Waals surface area contributed by atoms with Crippen LogP contribution < -0.4 is 0 Å².